The summed E-state index contributed by atoms with van der Waals surface area (Å²) in [6.07, 6.45) is 0. The van der Waals surface area contributed by atoms with E-state index < -0.39 is 10.0 Å². The summed E-state index contributed by atoms with van der Waals surface area (Å²) >= 11 is 6.06. The Morgan fingerprint density at radius 3 is 2.46 bits per heavy atom. The van der Waals surface area contributed by atoms with Gasteiger partial charge in [-0.1, -0.05) is 60.1 Å². The van der Waals surface area contributed by atoms with E-state index in [9.17, 15) is 8.42 Å². The first kappa shape index (κ1) is 18.4. The van der Waals surface area contributed by atoms with Gasteiger partial charge in [0.05, 0.1) is 5.69 Å². The summed E-state index contributed by atoms with van der Waals surface area (Å²) < 4.78 is 39.4. The molecule has 1 N–H and O–H groups in total. The predicted octanol–water partition coefficient (Wildman–Crippen LogP) is 5.47. The Morgan fingerprint density at radius 2 is 1.68 bits per heavy atom. The molecule has 0 saturated heterocycles. The molecule has 4 aromatic rings. The van der Waals surface area contributed by atoms with Crippen LogP contribution in [0.15, 0.2) is 88.4 Å². The zero-order chi connectivity index (χ0) is 19.6. The number of halogens is 1. The van der Waals surface area contributed by atoms with Gasteiger partial charge in [0.2, 0.25) is 5.09 Å². The minimum atomic E-state index is -3.95. The topological polar surface area (TPSA) is 68.5 Å². The summed E-state index contributed by atoms with van der Waals surface area (Å²) in [6.45, 7) is 0.293. The molecule has 4 rings (SSSR count). The van der Waals surface area contributed by atoms with Crippen molar-refractivity contribution in [1.82, 2.24) is 0 Å². The van der Waals surface area contributed by atoms with Crippen LogP contribution in [-0.4, -0.2) is 8.42 Å². The molecule has 1 aromatic heterocycles. The molecule has 142 valence electrons. The molecular weight excluding hydrogens is 398 g/mol. The number of anilines is 1. The lowest BCUT2D eigenvalue weighted by atomic mass is 10.2. The molecular formula is C21H16ClNO4S. The van der Waals surface area contributed by atoms with Gasteiger partial charge in [-0.25, -0.2) is 0 Å². The monoisotopic (exact) mass is 413 g/mol. The third-order valence-electron chi connectivity index (χ3n) is 4.09. The molecule has 1 heterocycles. The molecule has 0 fully saturated rings. The second kappa shape index (κ2) is 7.58. The summed E-state index contributed by atoms with van der Waals surface area (Å²) in [6, 6.07) is 22.9. The summed E-state index contributed by atoms with van der Waals surface area (Å²) in [5, 5.41) is 0.909. The highest BCUT2D eigenvalue weighted by atomic mass is 35.5. The quantitative estimate of drug-likeness (QED) is 0.455. The van der Waals surface area contributed by atoms with Gasteiger partial charge in [0.1, 0.15) is 17.9 Å². The first-order valence-electron chi connectivity index (χ1n) is 8.49. The van der Waals surface area contributed by atoms with Gasteiger partial charge in [-0.15, -0.1) is 0 Å². The van der Waals surface area contributed by atoms with E-state index in [1.807, 2.05) is 36.4 Å². The van der Waals surface area contributed by atoms with Crippen LogP contribution < -0.4 is 9.46 Å². The molecule has 28 heavy (non-hydrogen) atoms. The third-order valence-corrected chi connectivity index (χ3v) is 5.55. The van der Waals surface area contributed by atoms with Gasteiger partial charge in [-0.2, -0.15) is 8.42 Å². The molecule has 0 atom stereocenters. The number of furan rings is 1. The van der Waals surface area contributed by atoms with Gasteiger partial charge < -0.3 is 9.15 Å². The van der Waals surface area contributed by atoms with Gasteiger partial charge in [0.15, 0.2) is 0 Å². The molecule has 0 aliphatic heterocycles. The van der Waals surface area contributed by atoms with Crippen LogP contribution in [0.25, 0.3) is 11.0 Å². The van der Waals surface area contributed by atoms with Gasteiger partial charge in [-0.3, -0.25) is 4.72 Å². The average molecular weight is 414 g/mol. The van der Waals surface area contributed by atoms with E-state index in [0.717, 1.165) is 5.56 Å². The Morgan fingerprint density at radius 1 is 0.929 bits per heavy atom. The van der Waals surface area contributed by atoms with Gasteiger partial charge >= 0.3 is 0 Å². The highest BCUT2D eigenvalue weighted by Gasteiger charge is 2.21. The average Bonchev–Trinajstić information content (AvgIpc) is 3.13. The van der Waals surface area contributed by atoms with Crippen LogP contribution in [0.1, 0.15) is 5.56 Å². The lowest BCUT2D eigenvalue weighted by Gasteiger charge is -2.13. The maximum atomic E-state index is 12.8. The van der Waals surface area contributed by atoms with Crippen molar-refractivity contribution in [2.24, 2.45) is 0 Å². The summed E-state index contributed by atoms with van der Waals surface area (Å²) in [5.74, 6) is 0.368. The van der Waals surface area contributed by atoms with Crippen molar-refractivity contribution in [3.8, 4) is 5.75 Å². The zero-order valence-corrected chi connectivity index (χ0v) is 16.2. The molecule has 0 unspecified atom stereocenters. The number of rotatable bonds is 6. The minimum absolute atomic E-state index is 0.178. The van der Waals surface area contributed by atoms with Crippen LogP contribution in [0.3, 0.4) is 0 Å². The normalized spacial score (nSPS) is 11.5. The molecule has 7 heteroatoms. The molecule has 0 radical (unpaired) electrons. The van der Waals surface area contributed by atoms with E-state index in [1.54, 1.807) is 30.3 Å². The molecule has 3 aromatic carbocycles. The molecule has 0 aliphatic rings. The van der Waals surface area contributed by atoms with Crippen LogP contribution >= 0.6 is 11.6 Å². The van der Waals surface area contributed by atoms with Crippen molar-refractivity contribution in [1.29, 1.82) is 0 Å². The number of benzene rings is 3. The van der Waals surface area contributed by atoms with E-state index >= 15 is 0 Å². The Hall–Kier alpha value is -2.96. The highest BCUT2D eigenvalue weighted by Crippen LogP contribution is 2.32. The maximum absolute atomic E-state index is 12.8. The highest BCUT2D eigenvalue weighted by molar-refractivity contribution is 7.92. The van der Waals surface area contributed by atoms with Crippen molar-refractivity contribution >= 4 is 38.3 Å². The number of para-hydroxylation sites is 1. The smallest absolute Gasteiger partial charge is 0.295 e. The molecule has 0 bridgehead atoms. The van der Waals surface area contributed by atoms with E-state index in [4.69, 9.17) is 20.8 Å². The van der Waals surface area contributed by atoms with E-state index in [1.165, 1.54) is 12.1 Å². The third kappa shape index (κ3) is 3.98. The second-order valence-corrected chi connectivity index (χ2v) is 8.17. The summed E-state index contributed by atoms with van der Waals surface area (Å²) in [7, 11) is -3.95. The molecule has 5 nitrogen and oxygen atoms in total. The maximum Gasteiger partial charge on any atom is 0.295 e. The minimum Gasteiger partial charge on any atom is -0.487 e. The summed E-state index contributed by atoms with van der Waals surface area (Å²) in [4.78, 5) is 0. The van der Waals surface area contributed by atoms with E-state index in [0.29, 0.717) is 28.3 Å². The zero-order valence-electron chi connectivity index (χ0n) is 14.6. The van der Waals surface area contributed by atoms with Crippen LogP contribution in [0, 0.1) is 0 Å². The fourth-order valence-corrected chi connectivity index (χ4v) is 3.93. The fourth-order valence-electron chi connectivity index (χ4n) is 2.73. The Balaban J connectivity index is 1.61. The second-order valence-electron chi connectivity index (χ2n) is 6.12. The van der Waals surface area contributed by atoms with Crippen molar-refractivity contribution in [3.05, 3.63) is 89.4 Å². The van der Waals surface area contributed by atoms with Gasteiger partial charge in [0.25, 0.3) is 10.0 Å². The lowest BCUT2D eigenvalue weighted by Crippen LogP contribution is -2.13. The number of sulfonamides is 1. The number of nitrogens with one attached hydrogen (secondary N) is 1. The fraction of sp³-hybridized carbons (Fsp3) is 0.0476. The first-order chi connectivity index (χ1) is 13.5. The van der Waals surface area contributed by atoms with Crippen molar-refractivity contribution < 1.29 is 17.6 Å². The molecule has 0 amide bonds. The Bertz CT molecular complexity index is 1190. The first-order valence-corrected chi connectivity index (χ1v) is 10.3. The van der Waals surface area contributed by atoms with Crippen molar-refractivity contribution in [2.75, 3.05) is 4.72 Å². The van der Waals surface area contributed by atoms with Gasteiger partial charge in [0, 0.05) is 16.5 Å². The van der Waals surface area contributed by atoms with Crippen LogP contribution in [0.2, 0.25) is 5.02 Å². The predicted molar refractivity (Wildman–Crippen MR) is 109 cm³/mol. The number of hydrogen-bond acceptors (Lipinski definition) is 4. The van der Waals surface area contributed by atoms with Gasteiger partial charge in [-0.05, 0) is 29.8 Å². The van der Waals surface area contributed by atoms with Crippen LogP contribution in [0.5, 0.6) is 5.75 Å². The molecule has 0 aliphatic carbocycles. The lowest BCUT2D eigenvalue weighted by molar-refractivity contribution is 0.308. The number of hydrogen-bond donors (Lipinski definition) is 1. The largest absolute Gasteiger partial charge is 0.487 e. The van der Waals surface area contributed by atoms with Crippen molar-refractivity contribution in [2.45, 2.75) is 11.7 Å². The number of fused-ring (bicyclic) bond motifs is 1. The Labute approximate surface area is 167 Å². The van der Waals surface area contributed by atoms with Crippen molar-refractivity contribution in [3.63, 3.8) is 0 Å². The number of ether oxygens (including phenoxy) is 1. The molecule has 0 spiro atoms. The Kier molecular flexibility index (Phi) is 4.98. The summed E-state index contributed by atoms with van der Waals surface area (Å²) in [5.41, 5.74) is 1.70. The SMILES string of the molecule is O=S(=O)(Nc1cc(Cl)ccc1OCc1ccccc1)c1cc2ccccc2o1. The standard InChI is InChI=1S/C21H16ClNO4S/c22-17-10-11-20(26-14-15-6-2-1-3-7-15)18(13-17)23-28(24,25)21-12-16-8-4-5-9-19(16)27-21/h1-13,23H,14H2. The van der Waals surface area contributed by atoms with Crippen LogP contribution in [0.4, 0.5) is 5.69 Å². The van der Waals surface area contributed by atoms with Crippen LogP contribution in [-0.2, 0) is 16.6 Å². The van der Waals surface area contributed by atoms with E-state index in [2.05, 4.69) is 4.72 Å². The molecule has 0 saturated carbocycles. The van der Waals surface area contributed by atoms with E-state index in [-0.39, 0.29) is 10.8 Å².